The van der Waals surface area contributed by atoms with E-state index >= 15 is 0 Å². The summed E-state index contributed by atoms with van der Waals surface area (Å²) in [5.41, 5.74) is 1.05. The minimum atomic E-state index is -3.91. The molecule has 0 saturated heterocycles. The van der Waals surface area contributed by atoms with Crippen molar-refractivity contribution in [2.45, 2.75) is 11.4 Å². The number of anilines is 1. The van der Waals surface area contributed by atoms with Gasteiger partial charge < -0.3 is 4.57 Å². The molecule has 0 aliphatic carbocycles. The minimum Gasteiger partial charge on any atom is -0.333 e. The van der Waals surface area contributed by atoms with Gasteiger partial charge in [-0.1, -0.05) is 18.2 Å². The zero-order valence-corrected chi connectivity index (χ0v) is 15.3. The highest BCUT2D eigenvalue weighted by atomic mass is 32.2. The molecular weight excluding hydrogens is 383 g/mol. The number of aromatic nitrogens is 5. The van der Waals surface area contributed by atoms with Crippen molar-refractivity contribution in [1.29, 1.82) is 0 Å². The van der Waals surface area contributed by atoms with E-state index in [1.165, 1.54) is 23.0 Å². The minimum absolute atomic E-state index is 0.0972. The van der Waals surface area contributed by atoms with Gasteiger partial charge in [-0.15, -0.1) is 0 Å². The first-order valence-corrected chi connectivity index (χ1v) is 9.73. The standard InChI is InChI=1S/C18H15FN6O2S/c19-16-3-1-2-4-17(16)25-12-15(10-22-25)28(26,27)23-18-6-5-14(9-21-18)11-24-8-7-20-13-24/h1-10,12-13H,11H2,(H,21,23). The first kappa shape index (κ1) is 17.9. The van der Waals surface area contributed by atoms with E-state index in [0.29, 0.717) is 6.54 Å². The number of nitrogens with zero attached hydrogens (tertiary/aromatic N) is 5. The predicted molar refractivity (Wildman–Crippen MR) is 99.9 cm³/mol. The number of sulfonamides is 1. The first-order chi connectivity index (χ1) is 13.5. The van der Waals surface area contributed by atoms with Crippen molar-refractivity contribution in [3.8, 4) is 5.69 Å². The predicted octanol–water partition coefficient (Wildman–Crippen LogP) is 2.45. The molecule has 10 heteroatoms. The maximum Gasteiger partial charge on any atom is 0.266 e. The van der Waals surface area contributed by atoms with Crippen molar-refractivity contribution in [3.05, 3.63) is 85.1 Å². The van der Waals surface area contributed by atoms with Crippen LogP contribution in [0.15, 0.2) is 78.6 Å². The highest BCUT2D eigenvalue weighted by Crippen LogP contribution is 2.18. The van der Waals surface area contributed by atoms with Gasteiger partial charge in [0.1, 0.15) is 22.2 Å². The molecule has 4 aromatic rings. The summed E-state index contributed by atoms with van der Waals surface area (Å²) in [5, 5.41) is 3.94. The van der Waals surface area contributed by atoms with Crippen LogP contribution in [0.3, 0.4) is 0 Å². The van der Waals surface area contributed by atoms with Crippen molar-refractivity contribution in [3.63, 3.8) is 0 Å². The van der Waals surface area contributed by atoms with Crippen LogP contribution >= 0.6 is 0 Å². The van der Waals surface area contributed by atoms with E-state index in [-0.39, 0.29) is 16.4 Å². The van der Waals surface area contributed by atoms with Crippen molar-refractivity contribution < 1.29 is 12.8 Å². The third-order valence-corrected chi connectivity index (χ3v) is 5.27. The van der Waals surface area contributed by atoms with E-state index in [9.17, 15) is 12.8 Å². The summed E-state index contributed by atoms with van der Waals surface area (Å²) in [6.07, 6.45) is 9.17. The quantitative estimate of drug-likeness (QED) is 0.538. The molecule has 0 unspecified atom stereocenters. The number of hydrogen-bond acceptors (Lipinski definition) is 5. The topological polar surface area (TPSA) is 94.7 Å². The van der Waals surface area contributed by atoms with Crippen LogP contribution in [0.25, 0.3) is 5.69 Å². The molecule has 1 aromatic carbocycles. The summed E-state index contributed by atoms with van der Waals surface area (Å²) in [5.74, 6) is -0.328. The second-order valence-electron chi connectivity index (χ2n) is 5.96. The molecule has 3 aromatic heterocycles. The molecule has 0 bridgehead atoms. The van der Waals surface area contributed by atoms with E-state index in [0.717, 1.165) is 11.8 Å². The fraction of sp³-hybridized carbons (Fsp3) is 0.0556. The lowest BCUT2D eigenvalue weighted by Gasteiger charge is -2.07. The van der Waals surface area contributed by atoms with Crippen LogP contribution in [0.2, 0.25) is 0 Å². The normalized spacial score (nSPS) is 11.5. The molecule has 0 aliphatic rings. The van der Waals surface area contributed by atoms with Crippen molar-refractivity contribution >= 4 is 15.8 Å². The van der Waals surface area contributed by atoms with Crippen LogP contribution in [0, 0.1) is 5.82 Å². The fourth-order valence-electron chi connectivity index (χ4n) is 2.58. The van der Waals surface area contributed by atoms with E-state index in [2.05, 4.69) is 19.8 Å². The SMILES string of the molecule is O=S(=O)(Nc1ccc(Cn2ccnc2)cn1)c1cnn(-c2ccccc2F)c1. The summed E-state index contributed by atoms with van der Waals surface area (Å²) < 4.78 is 44.4. The molecule has 142 valence electrons. The first-order valence-electron chi connectivity index (χ1n) is 8.24. The Bertz CT molecular complexity index is 1190. The van der Waals surface area contributed by atoms with Gasteiger partial charge in [0.25, 0.3) is 10.0 Å². The molecule has 0 aliphatic heterocycles. The second-order valence-corrected chi connectivity index (χ2v) is 7.65. The summed E-state index contributed by atoms with van der Waals surface area (Å²) >= 11 is 0. The number of rotatable bonds is 6. The van der Waals surface area contributed by atoms with Gasteiger partial charge in [0.15, 0.2) is 0 Å². The van der Waals surface area contributed by atoms with Gasteiger partial charge in [-0.25, -0.2) is 27.5 Å². The summed E-state index contributed by atoms with van der Waals surface area (Å²) in [7, 11) is -3.91. The van der Waals surface area contributed by atoms with E-state index in [1.54, 1.807) is 43.0 Å². The maximum absolute atomic E-state index is 13.9. The number of para-hydroxylation sites is 1. The number of hydrogen-bond donors (Lipinski definition) is 1. The van der Waals surface area contributed by atoms with E-state index in [4.69, 9.17) is 0 Å². The highest BCUT2D eigenvalue weighted by molar-refractivity contribution is 7.92. The summed E-state index contributed by atoms with van der Waals surface area (Å²) in [6.45, 7) is 0.579. The number of halogens is 1. The second kappa shape index (κ2) is 7.24. The fourth-order valence-corrected chi connectivity index (χ4v) is 3.52. The Morgan fingerprint density at radius 1 is 1.11 bits per heavy atom. The molecular formula is C18H15FN6O2S. The molecule has 0 fully saturated rings. The average Bonchev–Trinajstić information content (AvgIpc) is 3.36. The Kier molecular flexibility index (Phi) is 4.62. The Hall–Kier alpha value is -3.53. The smallest absolute Gasteiger partial charge is 0.266 e. The molecule has 0 radical (unpaired) electrons. The maximum atomic E-state index is 13.9. The molecule has 8 nitrogen and oxygen atoms in total. The van der Waals surface area contributed by atoms with E-state index < -0.39 is 15.8 Å². The van der Waals surface area contributed by atoms with Crippen molar-refractivity contribution in [2.75, 3.05) is 4.72 Å². The van der Waals surface area contributed by atoms with Gasteiger partial charge in [-0.3, -0.25) is 4.72 Å². The number of pyridine rings is 1. The lowest BCUT2D eigenvalue weighted by Crippen LogP contribution is -2.13. The summed E-state index contributed by atoms with van der Waals surface area (Å²) in [4.78, 5) is 8.01. The van der Waals surface area contributed by atoms with Crippen molar-refractivity contribution in [2.24, 2.45) is 0 Å². The Labute approximate surface area is 160 Å². The van der Waals surface area contributed by atoms with Crippen LogP contribution in [0.4, 0.5) is 10.2 Å². The third kappa shape index (κ3) is 3.76. The van der Waals surface area contributed by atoms with Crippen LogP contribution in [-0.2, 0) is 16.6 Å². The molecule has 0 amide bonds. The van der Waals surface area contributed by atoms with Gasteiger partial charge in [-0.2, -0.15) is 5.10 Å². The van der Waals surface area contributed by atoms with Crippen LogP contribution in [0.5, 0.6) is 0 Å². The Morgan fingerprint density at radius 3 is 2.68 bits per heavy atom. The zero-order valence-electron chi connectivity index (χ0n) is 14.5. The molecule has 1 N–H and O–H groups in total. The monoisotopic (exact) mass is 398 g/mol. The molecule has 0 spiro atoms. The third-order valence-electron chi connectivity index (χ3n) is 3.96. The van der Waals surface area contributed by atoms with Gasteiger partial charge in [0.05, 0.1) is 18.7 Å². The van der Waals surface area contributed by atoms with Crippen LogP contribution < -0.4 is 4.72 Å². The molecule has 4 rings (SSSR count). The van der Waals surface area contributed by atoms with Gasteiger partial charge >= 0.3 is 0 Å². The summed E-state index contributed by atoms with van der Waals surface area (Å²) in [6, 6.07) is 9.32. The van der Waals surface area contributed by atoms with Gasteiger partial charge in [0.2, 0.25) is 0 Å². The number of nitrogens with one attached hydrogen (secondary N) is 1. The zero-order chi connectivity index (χ0) is 19.6. The number of imidazole rings is 1. The highest BCUT2D eigenvalue weighted by Gasteiger charge is 2.18. The molecule has 0 atom stereocenters. The lowest BCUT2D eigenvalue weighted by atomic mass is 10.3. The molecule has 0 saturated carbocycles. The molecule has 28 heavy (non-hydrogen) atoms. The van der Waals surface area contributed by atoms with E-state index in [1.807, 2.05) is 10.8 Å². The lowest BCUT2D eigenvalue weighted by molar-refractivity contribution is 0.600. The van der Waals surface area contributed by atoms with Crippen LogP contribution in [-0.4, -0.2) is 32.7 Å². The van der Waals surface area contributed by atoms with Gasteiger partial charge in [-0.05, 0) is 23.8 Å². The Morgan fingerprint density at radius 2 is 1.96 bits per heavy atom. The average molecular weight is 398 g/mol. The molecule has 3 heterocycles. The Balaban J connectivity index is 1.51. The number of benzene rings is 1. The van der Waals surface area contributed by atoms with Gasteiger partial charge in [0, 0.05) is 25.1 Å². The van der Waals surface area contributed by atoms with Crippen molar-refractivity contribution in [1.82, 2.24) is 24.3 Å². The largest absolute Gasteiger partial charge is 0.333 e. The van der Waals surface area contributed by atoms with Crippen LogP contribution in [0.1, 0.15) is 5.56 Å².